The molecule has 0 bridgehead atoms. The molecule has 6 nitrogen and oxygen atoms in total. The van der Waals surface area contributed by atoms with Gasteiger partial charge in [-0.1, -0.05) is 36.4 Å². The van der Waals surface area contributed by atoms with Crippen LogP contribution in [0.2, 0.25) is 0 Å². The number of sulfone groups is 1. The number of quaternary nitrogens is 1. The first-order chi connectivity index (χ1) is 17.1. The van der Waals surface area contributed by atoms with Crippen molar-refractivity contribution < 1.29 is 39.6 Å². The van der Waals surface area contributed by atoms with Gasteiger partial charge in [-0.2, -0.15) is 18.2 Å². The largest absolute Gasteiger partial charge is 0.421 e. The molecule has 1 aromatic carbocycles. The lowest BCUT2D eigenvalue weighted by molar-refractivity contribution is -0.704. The lowest BCUT2D eigenvalue weighted by atomic mass is 10.0. The summed E-state index contributed by atoms with van der Waals surface area (Å²) >= 11 is 0. The minimum Gasteiger partial charge on any atom is -0.346 e. The number of amides is 1. The summed E-state index contributed by atoms with van der Waals surface area (Å²) in [6.07, 6.45) is 3.34. The van der Waals surface area contributed by atoms with E-state index in [2.05, 4.69) is 10.3 Å². The van der Waals surface area contributed by atoms with E-state index in [0.29, 0.717) is 6.92 Å². The molecule has 4 rings (SSSR count). The molecule has 0 fully saturated rings. The molecule has 2 aliphatic heterocycles. The third-order valence-electron chi connectivity index (χ3n) is 6.15. The summed E-state index contributed by atoms with van der Waals surface area (Å²) in [6, 6.07) is 5.88. The fourth-order valence-corrected chi connectivity index (χ4v) is 5.96. The Labute approximate surface area is 210 Å². The zero-order chi connectivity index (χ0) is 27.2. The Hall–Kier alpha value is -3.38. The van der Waals surface area contributed by atoms with Crippen molar-refractivity contribution in [1.29, 1.82) is 0 Å². The Balaban J connectivity index is 1.54. The molecule has 1 amide bonds. The van der Waals surface area contributed by atoms with Gasteiger partial charge in [0.05, 0.1) is 17.2 Å². The minimum atomic E-state index is -4.56. The van der Waals surface area contributed by atoms with Gasteiger partial charge in [-0.15, -0.1) is 0 Å². The maximum absolute atomic E-state index is 13.8. The van der Waals surface area contributed by atoms with Crippen molar-refractivity contribution in [2.75, 3.05) is 7.05 Å². The molecule has 12 heteroatoms. The lowest BCUT2D eigenvalue weighted by Gasteiger charge is -2.25. The number of allylic oxidation sites excluding steroid dienone is 5. The number of likely N-dealkylation sites (N-methyl/N-ethyl adjacent to an activating group) is 1. The molecular formula is C25H23F5N3O3S+. The summed E-state index contributed by atoms with van der Waals surface area (Å²) in [5.41, 5.74) is -1.17. The van der Waals surface area contributed by atoms with E-state index in [4.69, 9.17) is 0 Å². The molecule has 0 saturated carbocycles. The second-order valence-corrected chi connectivity index (χ2v) is 11.2. The van der Waals surface area contributed by atoms with Gasteiger partial charge in [0.2, 0.25) is 5.84 Å². The number of rotatable bonds is 6. The highest BCUT2D eigenvalue weighted by Gasteiger charge is 2.43. The van der Waals surface area contributed by atoms with Crippen LogP contribution in [0.15, 0.2) is 93.8 Å². The summed E-state index contributed by atoms with van der Waals surface area (Å²) < 4.78 is 93.1. The fraction of sp³-hybridized carbons (Fsp3) is 0.280. The average Bonchev–Trinajstić information content (AvgIpc) is 3.18. The second kappa shape index (κ2) is 9.18. The number of carbonyl (C=O) groups excluding carboxylic acids is 1. The van der Waals surface area contributed by atoms with Gasteiger partial charge in [-0.3, -0.25) is 4.79 Å². The van der Waals surface area contributed by atoms with E-state index in [1.54, 1.807) is 6.07 Å². The van der Waals surface area contributed by atoms with Crippen molar-refractivity contribution in [2.24, 2.45) is 4.99 Å². The minimum absolute atomic E-state index is 0.0183. The number of aliphatic imine (C=N–C) groups is 1. The van der Waals surface area contributed by atoms with Crippen LogP contribution in [0.25, 0.3) is 0 Å². The number of nitrogens with zero attached hydrogens (tertiary/aromatic N) is 2. The number of amidine groups is 1. The van der Waals surface area contributed by atoms with E-state index < -0.39 is 48.7 Å². The number of hydrogen-bond acceptors (Lipinski definition) is 4. The van der Waals surface area contributed by atoms with Crippen LogP contribution in [0.5, 0.6) is 0 Å². The fourth-order valence-electron chi connectivity index (χ4n) is 4.17. The number of fused-ring (bicyclic) bond motifs is 1. The van der Waals surface area contributed by atoms with Gasteiger partial charge in [0, 0.05) is 25.1 Å². The molecule has 0 radical (unpaired) electrons. The number of halogens is 5. The van der Waals surface area contributed by atoms with Crippen molar-refractivity contribution in [3.63, 3.8) is 0 Å². The van der Waals surface area contributed by atoms with E-state index in [1.165, 1.54) is 49.7 Å². The Morgan fingerprint density at radius 2 is 1.78 bits per heavy atom. The first-order valence-corrected chi connectivity index (χ1v) is 12.7. The van der Waals surface area contributed by atoms with E-state index in [-0.39, 0.29) is 35.0 Å². The van der Waals surface area contributed by atoms with Crippen LogP contribution in [0.1, 0.15) is 18.9 Å². The van der Waals surface area contributed by atoms with Crippen LogP contribution in [-0.2, 0) is 21.2 Å². The highest BCUT2D eigenvalue weighted by atomic mass is 32.2. The summed E-state index contributed by atoms with van der Waals surface area (Å²) in [5.74, 6) is -3.70. The summed E-state index contributed by atoms with van der Waals surface area (Å²) in [6.45, 7) is 0.455. The van der Waals surface area contributed by atoms with E-state index in [9.17, 15) is 35.2 Å². The predicted molar refractivity (Wildman–Crippen MR) is 127 cm³/mol. The molecule has 2 unspecified atom stereocenters. The monoisotopic (exact) mass is 540 g/mol. The molecule has 196 valence electrons. The van der Waals surface area contributed by atoms with Crippen LogP contribution in [0.4, 0.5) is 22.0 Å². The van der Waals surface area contributed by atoms with Crippen LogP contribution in [-0.4, -0.2) is 49.0 Å². The summed E-state index contributed by atoms with van der Waals surface area (Å²) in [4.78, 5) is 16.8. The number of carbonyl (C=O) groups is 1. The quantitative estimate of drug-likeness (QED) is 0.420. The van der Waals surface area contributed by atoms with Crippen LogP contribution >= 0.6 is 0 Å². The van der Waals surface area contributed by atoms with Crippen molar-refractivity contribution >= 4 is 21.6 Å². The van der Waals surface area contributed by atoms with E-state index in [0.717, 1.165) is 18.4 Å². The Bertz CT molecular complexity index is 1430. The number of alkyl halides is 5. The predicted octanol–water partition coefficient (Wildman–Crippen LogP) is 4.70. The Morgan fingerprint density at radius 1 is 1.08 bits per heavy atom. The molecule has 0 aromatic heterocycles. The first-order valence-electron chi connectivity index (χ1n) is 11.1. The standard InChI is InChI=1S/C25H22F5N3O3S/c1-24(26,27)17-7-5-8-19(12-17)37(35,36)21-9-4-3-6-16(21)13-31-23(34)20-15-33(2)14-18(25(28,29)30)10-11-22(33)32-20/h3-7,9-12,14-15,19H,8,13H2,1-2H3/p+1. The van der Waals surface area contributed by atoms with E-state index >= 15 is 0 Å². The molecule has 3 aliphatic rings. The van der Waals surface area contributed by atoms with Crippen LogP contribution in [0.3, 0.4) is 0 Å². The number of nitrogens with one attached hydrogen (secondary N) is 1. The lowest BCUT2D eigenvalue weighted by Crippen LogP contribution is -2.39. The normalized spacial score (nSPS) is 23.6. The van der Waals surface area contributed by atoms with Crippen molar-refractivity contribution in [2.45, 2.75) is 42.1 Å². The maximum atomic E-state index is 13.8. The zero-order valence-electron chi connectivity index (χ0n) is 19.8. The van der Waals surface area contributed by atoms with Gasteiger partial charge in [0.1, 0.15) is 18.0 Å². The van der Waals surface area contributed by atoms with Gasteiger partial charge >= 0.3 is 6.18 Å². The Kier molecular flexibility index (Phi) is 6.62. The van der Waals surface area contributed by atoms with Crippen LogP contribution in [0, 0.1) is 0 Å². The highest BCUT2D eigenvalue weighted by molar-refractivity contribution is 7.92. The second-order valence-electron chi connectivity index (χ2n) is 9.07. The van der Waals surface area contributed by atoms with Gasteiger partial charge in [-0.05, 0) is 24.1 Å². The molecule has 1 aromatic rings. The molecule has 2 heterocycles. The summed E-state index contributed by atoms with van der Waals surface area (Å²) in [7, 11) is -2.64. The molecule has 2 atom stereocenters. The SMILES string of the molecule is CC(F)(F)C1=CC(S(=O)(=O)c2ccccc2CNC(=O)C2=C[N+]3(C)C=C(C(F)(F)F)C=CC3=N2)CC=C1. The van der Waals surface area contributed by atoms with Crippen molar-refractivity contribution in [1.82, 2.24) is 5.32 Å². The van der Waals surface area contributed by atoms with Gasteiger partial charge in [-0.25, -0.2) is 21.7 Å². The third kappa shape index (κ3) is 5.35. The summed E-state index contributed by atoms with van der Waals surface area (Å²) in [5, 5.41) is 1.35. The Morgan fingerprint density at radius 3 is 2.46 bits per heavy atom. The molecule has 37 heavy (non-hydrogen) atoms. The maximum Gasteiger partial charge on any atom is 0.421 e. The van der Waals surface area contributed by atoms with Crippen molar-refractivity contribution in [3.8, 4) is 0 Å². The van der Waals surface area contributed by atoms with Crippen LogP contribution < -0.4 is 5.32 Å². The molecule has 0 spiro atoms. The number of hydrogen-bond donors (Lipinski definition) is 1. The average molecular weight is 541 g/mol. The third-order valence-corrected chi connectivity index (χ3v) is 8.29. The highest BCUT2D eigenvalue weighted by Crippen LogP contribution is 2.35. The zero-order valence-corrected chi connectivity index (χ0v) is 20.6. The molecule has 1 aliphatic carbocycles. The van der Waals surface area contributed by atoms with Gasteiger partial charge in [0.15, 0.2) is 15.5 Å². The van der Waals surface area contributed by atoms with Gasteiger partial charge < -0.3 is 5.32 Å². The van der Waals surface area contributed by atoms with Crippen molar-refractivity contribution in [3.05, 3.63) is 89.5 Å². The van der Waals surface area contributed by atoms with E-state index in [1.807, 2.05) is 0 Å². The van der Waals surface area contributed by atoms with Gasteiger partial charge in [0.25, 0.3) is 11.8 Å². The number of benzene rings is 1. The topological polar surface area (TPSA) is 75.6 Å². The molecular weight excluding hydrogens is 517 g/mol. The molecule has 0 saturated heterocycles. The molecule has 1 N–H and O–H groups in total. The smallest absolute Gasteiger partial charge is 0.346 e. The first kappa shape index (κ1) is 26.7.